The molecule has 4 rings (SSSR count). The third-order valence-corrected chi connectivity index (χ3v) is 4.97. The number of imidazole rings is 1. The highest BCUT2D eigenvalue weighted by Gasteiger charge is 2.32. The van der Waals surface area contributed by atoms with Crippen LogP contribution in [-0.4, -0.2) is 30.7 Å². The molecule has 166 valence electrons. The molecule has 0 fully saturated rings. The molecule has 0 spiro atoms. The molecule has 8 nitrogen and oxygen atoms in total. The van der Waals surface area contributed by atoms with Crippen molar-refractivity contribution in [2.75, 3.05) is 5.32 Å². The highest BCUT2D eigenvalue weighted by molar-refractivity contribution is 6.33. The molecular weight excluding hydrogens is 474 g/mol. The van der Waals surface area contributed by atoms with Crippen molar-refractivity contribution in [3.63, 3.8) is 0 Å². The quantitative estimate of drug-likeness (QED) is 0.372. The number of hydrogen-bond acceptors (Lipinski definition) is 6. The summed E-state index contributed by atoms with van der Waals surface area (Å²) in [4.78, 5) is 14.8. The first-order valence-corrected chi connectivity index (χ1v) is 9.72. The number of alkyl halides is 3. The number of nitrogens with one attached hydrogen (secondary N) is 1. The summed E-state index contributed by atoms with van der Waals surface area (Å²) >= 11 is 12.2. The number of carbonyl (C=O) groups is 1. The molecule has 3 heterocycles. The molecule has 0 saturated heterocycles. The molecule has 1 aromatic carbocycles. The maximum atomic E-state index is 13.0. The molecule has 0 unspecified atom stereocenters. The van der Waals surface area contributed by atoms with E-state index < -0.39 is 17.7 Å². The molecule has 0 radical (unpaired) electrons. The molecule has 4 aromatic rings. The van der Waals surface area contributed by atoms with E-state index in [2.05, 4.69) is 20.5 Å². The zero-order chi connectivity index (χ0) is 23.0. The van der Waals surface area contributed by atoms with Gasteiger partial charge >= 0.3 is 18.2 Å². The molecule has 32 heavy (non-hydrogen) atoms. The van der Waals surface area contributed by atoms with Gasteiger partial charge in [-0.1, -0.05) is 34.4 Å². The van der Waals surface area contributed by atoms with Crippen LogP contribution >= 0.6 is 23.2 Å². The van der Waals surface area contributed by atoms with Crippen molar-refractivity contribution in [3.05, 3.63) is 57.8 Å². The summed E-state index contributed by atoms with van der Waals surface area (Å²) in [6.45, 7) is 0. The Bertz CT molecular complexity index is 1320. The van der Waals surface area contributed by atoms with E-state index in [9.17, 15) is 18.0 Å². The van der Waals surface area contributed by atoms with Crippen molar-refractivity contribution in [2.45, 2.75) is 19.0 Å². The van der Waals surface area contributed by atoms with Crippen LogP contribution in [0.4, 0.5) is 24.9 Å². The highest BCUT2D eigenvalue weighted by atomic mass is 35.5. The second-order valence-corrected chi connectivity index (χ2v) is 7.49. The van der Waals surface area contributed by atoms with Gasteiger partial charge in [-0.2, -0.15) is 13.2 Å². The van der Waals surface area contributed by atoms with Crippen molar-refractivity contribution in [3.8, 4) is 11.6 Å². The summed E-state index contributed by atoms with van der Waals surface area (Å²) in [5.74, 6) is -0.959. The molecule has 0 aliphatic carbocycles. The Morgan fingerprint density at radius 1 is 1.16 bits per heavy atom. The van der Waals surface area contributed by atoms with E-state index in [1.807, 2.05) is 0 Å². The molecule has 0 bridgehead atoms. The predicted molar refractivity (Wildman–Crippen MR) is 109 cm³/mol. The van der Waals surface area contributed by atoms with E-state index in [1.165, 1.54) is 6.20 Å². The highest BCUT2D eigenvalue weighted by Crippen LogP contribution is 2.33. The van der Waals surface area contributed by atoms with Gasteiger partial charge in [0.1, 0.15) is 5.69 Å². The summed E-state index contributed by atoms with van der Waals surface area (Å²) in [6.07, 6.45) is -2.11. The van der Waals surface area contributed by atoms with Gasteiger partial charge in [0.2, 0.25) is 0 Å². The number of nitrogens with zero attached hydrogens (tertiary/aromatic N) is 4. The molecule has 3 aromatic heterocycles. The Hall–Kier alpha value is -3.31. The lowest BCUT2D eigenvalue weighted by molar-refractivity contribution is -0.138. The monoisotopic (exact) mass is 485 g/mol. The number of aliphatic carboxylic acids is 1. The van der Waals surface area contributed by atoms with Gasteiger partial charge in [-0.05, 0) is 30.2 Å². The van der Waals surface area contributed by atoms with Gasteiger partial charge in [0.05, 0.1) is 21.3 Å². The Balaban J connectivity index is 1.56. The number of aryl methyl sites for hydroxylation is 1. The Morgan fingerprint density at radius 3 is 2.62 bits per heavy atom. The van der Waals surface area contributed by atoms with Crippen LogP contribution in [0.25, 0.3) is 17.2 Å². The minimum absolute atomic E-state index is 0.0242. The van der Waals surface area contributed by atoms with Gasteiger partial charge in [-0.25, -0.2) is 4.98 Å². The van der Waals surface area contributed by atoms with Crippen LogP contribution in [0.2, 0.25) is 10.0 Å². The van der Waals surface area contributed by atoms with Crippen LogP contribution in [0, 0.1) is 0 Å². The fraction of sp³-hybridized carbons (Fsp3) is 0.158. The molecule has 2 N–H and O–H groups in total. The second kappa shape index (κ2) is 8.32. The van der Waals surface area contributed by atoms with Gasteiger partial charge in [0.25, 0.3) is 5.89 Å². The van der Waals surface area contributed by atoms with Gasteiger partial charge in [-0.3, -0.25) is 4.79 Å². The molecule has 0 aliphatic heterocycles. The third kappa shape index (κ3) is 4.63. The van der Waals surface area contributed by atoms with Gasteiger partial charge in [0.15, 0.2) is 5.65 Å². The van der Waals surface area contributed by atoms with Crippen LogP contribution in [-0.2, 0) is 17.4 Å². The standard InChI is InChI=1S/C19H12Cl2F3N5O3/c20-11-5-9(2-4-15(30)31)1-3-13(11)26-18-28-27-17(32-18)14-8-29-7-10(19(22,23)24)6-12(21)16(29)25-14/h1,3,5-8H,2,4H2,(H,26,28)(H,30,31). The van der Waals surface area contributed by atoms with Crippen molar-refractivity contribution in [1.29, 1.82) is 0 Å². The number of halogens is 5. The van der Waals surface area contributed by atoms with E-state index in [4.69, 9.17) is 32.7 Å². The average molecular weight is 486 g/mol. The first kappa shape index (κ1) is 21.9. The van der Waals surface area contributed by atoms with Crippen LogP contribution in [0.5, 0.6) is 0 Å². The molecule has 0 amide bonds. The van der Waals surface area contributed by atoms with Gasteiger partial charge in [0, 0.05) is 18.8 Å². The summed E-state index contributed by atoms with van der Waals surface area (Å²) in [7, 11) is 0. The SMILES string of the molecule is O=C(O)CCc1ccc(Nc2nnc(-c3cn4cc(C(F)(F)F)cc(Cl)c4n3)o2)c(Cl)c1. The van der Waals surface area contributed by atoms with Crippen molar-refractivity contribution < 1.29 is 27.5 Å². The topological polar surface area (TPSA) is 106 Å². The Labute approximate surface area is 187 Å². The Morgan fingerprint density at radius 2 is 1.94 bits per heavy atom. The maximum Gasteiger partial charge on any atom is 0.417 e. The van der Waals surface area contributed by atoms with Crippen LogP contribution < -0.4 is 5.32 Å². The minimum Gasteiger partial charge on any atom is -0.481 e. The zero-order valence-electron chi connectivity index (χ0n) is 15.8. The number of hydrogen-bond donors (Lipinski definition) is 2. The third-order valence-electron chi connectivity index (χ3n) is 4.38. The molecular formula is C19H12Cl2F3N5O3. The van der Waals surface area contributed by atoms with Crippen LogP contribution in [0.3, 0.4) is 0 Å². The number of pyridine rings is 1. The number of carboxylic acid groups (broad SMARTS) is 1. The zero-order valence-corrected chi connectivity index (χ0v) is 17.3. The van der Waals surface area contributed by atoms with E-state index in [1.54, 1.807) is 18.2 Å². The average Bonchev–Trinajstić information content (AvgIpc) is 3.34. The lowest BCUT2D eigenvalue weighted by Gasteiger charge is -2.07. The number of anilines is 2. The largest absolute Gasteiger partial charge is 0.481 e. The van der Waals surface area contributed by atoms with Crippen LogP contribution in [0.15, 0.2) is 41.1 Å². The number of carboxylic acids is 1. The van der Waals surface area contributed by atoms with E-state index >= 15 is 0 Å². The molecule has 13 heteroatoms. The lowest BCUT2D eigenvalue weighted by Crippen LogP contribution is -2.06. The summed E-state index contributed by atoms with van der Waals surface area (Å²) < 4.78 is 45.6. The Kier molecular flexibility index (Phi) is 5.70. The molecule has 0 atom stereocenters. The van der Waals surface area contributed by atoms with Crippen molar-refractivity contribution in [1.82, 2.24) is 19.6 Å². The fourth-order valence-electron chi connectivity index (χ4n) is 2.87. The fourth-order valence-corrected chi connectivity index (χ4v) is 3.38. The van der Waals surface area contributed by atoms with Crippen molar-refractivity contribution >= 4 is 46.5 Å². The maximum absolute atomic E-state index is 13.0. The molecule has 0 saturated carbocycles. The van der Waals surface area contributed by atoms with Crippen molar-refractivity contribution in [2.24, 2.45) is 0 Å². The normalized spacial score (nSPS) is 11.8. The number of rotatable bonds is 6. The smallest absolute Gasteiger partial charge is 0.417 e. The van der Waals surface area contributed by atoms with E-state index in [0.717, 1.165) is 22.2 Å². The lowest BCUT2D eigenvalue weighted by atomic mass is 10.1. The summed E-state index contributed by atoms with van der Waals surface area (Å²) in [5.41, 5.74) is 0.486. The molecule has 0 aliphatic rings. The second-order valence-electron chi connectivity index (χ2n) is 6.68. The van der Waals surface area contributed by atoms with Gasteiger partial charge in [-0.15, -0.1) is 5.10 Å². The minimum atomic E-state index is -4.56. The number of aromatic nitrogens is 4. The summed E-state index contributed by atoms with van der Waals surface area (Å²) in [6, 6.07) is 5.71. The first-order chi connectivity index (χ1) is 15.1. The predicted octanol–water partition coefficient (Wildman–Crippen LogP) is 5.47. The van der Waals surface area contributed by atoms with E-state index in [0.29, 0.717) is 17.1 Å². The summed E-state index contributed by atoms with van der Waals surface area (Å²) in [5, 5.41) is 19.4. The number of fused-ring (bicyclic) bond motifs is 1. The number of benzene rings is 1. The van der Waals surface area contributed by atoms with Crippen LogP contribution in [0.1, 0.15) is 17.5 Å². The van der Waals surface area contributed by atoms with E-state index in [-0.39, 0.29) is 34.7 Å². The first-order valence-electron chi connectivity index (χ1n) is 8.97. The van der Waals surface area contributed by atoms with Gasteiger partial charge < -0.3 is 19.2 Å².